The fourth-order valence-corrected chi connectivity index (χ4v) is 8.69. The topological polar surface area (TPSA) is 175 Å². The molecule has 8 atom stereocenters. The monoisotopic (exact) mass is 1060 g/mol. The Morgan fingerprint density at radius 2 is 0.947 bits per heavy atom. The molecule has 1 heterocycles. The second kappa shape index (κ2) is 52.0. The highest BCUT2D eigenvalue weighted by Gasteiger charge is 2.47. The maximum Gasteiger partial charge on any atom is 0.306 e. The minimum atomic E-state index is -1.63. The van der Waals surface area contributed by atoms with E-state index in [9.17, 15) is 35.1 Å². The van der Waals surface area contributed by atoms with Crippen LogP contribution in [0.4, 0.5) is 0 Å². The highest BCUT2D eigenvalue weighted by Crippen LogP contribution is 2.26. The van der Waals surface area contributed by atoms with Crippen molar-refractivity contribution in [1.82, 2.24) is 5.32 Å². The summed E-state index contributed by atoms with van der Waals surface area (Å²) in [4.78, 5) is 26.5. The van der Waals surface area contributed by atoms with Crippen LogP contribution >= 0.6 is 0 Å². The average molecular weight is 1060 g/mol. The van der Waals surface area contributed by atoms with Gasteiger partial charge < -0.3 is 45.1 Å². The first kappa shape index (κ1) is 70.3. The first-order chi connectivity index (χ1) is 37.2. The SMILES string of the molecule is CC/C=C\C/C=C\C/C=C\C/C=C\C/C=C\CCCCCCCCC(O)C(=O)NC(COC1OC(CO)C(O)C(O)C1OC(=O)CCCCCC/C=C/C/C=C/C/C=C/CC)C(O)/C=C/CCCCCCCCCCC. The second-order valence-electron chi connectivity index (χ2n) is 20.3. The molecule has 434 valence electrons. The molecule has 0 aromatic carbocycles. The van der Waals surface area contributed by atoms with E-state index < -0.39 is 67.4 Å². The van der Waals surface area contributed by atoms with Gasteiger partial charge in [0.2, 0.25) is 5.91 Å². The Kier molecular flexibility index (Phi) is 48.2. The summed E-state index contributed by atoms with van der Waals surface area (Å²) in [5, 5.41) is 56.9. The summed E-state index contributed by atoms with van der Waals surface area (Å²) in [6, 6.07) is -1.04. The van der Waals surface area contributed by atoms with E-state index >= 15 is 0 Å². The molecule has 0 aromatic heterocycles. The fourth-order valence-electron chi connectivity index (χ4n) is 8.69. The number of unbranched alkanes of at least 4 members (excludes halogenated alkanes) is 19. The first-order valence-corrected chi connectivity index (χ1v) is 30.2. The van der Waals surface area contributed by atoms with Crippen LogP contribution in [-0.2, 0) is 23.8 Å². The van der Waals surface area contributed by atoms with Gasteiger partial charge in [-0.1, -0.05) is 226 Å². The summed E-state index contributed by atoms with van der Waals surface area (Å²) in [7, 11) is 0. The van der Waals surface area contributed by atoms with Crippen LogP contribution in [0.1, 0.15) is 226 Å². The molecule has 1 aliphatic rings. The number of hydrogen-bond acceptors (Lipinski definition) is 10. The van der Waals surface area contributed by atoms with Crippen molar-refractivity contribution in [2.45, 2.75) is 275 Å². The molecule has 0 aliphatic carbocycles. The molecule has 0 spiro atoms. The van der Waals surface area contributed by atoms with Crippen LogP contribution in [0.25, 0.3) is 0 Å². The number of rotatable bonds is 49. The van der Waals surface area contributed by atoms with E-state index in [-0.39, 0.29) is 19.4 Å². The van der Waals surface area contributed by atoms with Crippen molar-refractivity contribution in [2.75, 3.05) is 13.2 Å². The van der Waals surface area contributed by atoms with E-state index in [0.29, 0.717) is 12.8 Å². The van der Waals surface area contributed by atoms with E-state index in [4.69, 9.17) is 14.2 Å². The standard InChI is InChI=1S/C65H109NO10/c1-4-7-10-13-16-19-22-24-26-27-28-29-30-31-32-33-34-37-40-43-46-49-52-58(69)64(73)66-56(57(68)51-48-45-42-39-36-21-18-15-12-9-6-3)55-74-65-63(62(72)61(71)59(54-67)75-65)76-60(70)53-50-47-44-41-38-35-25-23-20-17-14-11-8-5-2/h7-8,10-11,16-17,19-20,24-26,28-29,31-32,35,48,51,56-59,61-63,65,67-69,71-72H,4-6,9,12-15,18,21-23,27,30,33-34,36-47,49-50,52-55H2,1-3H3,(H,66,73)/b10-7-,11-8+,19-16-,20-17+,26-24-,29-28-,32-31-,35-25+,51-48+. The highest BCUT2D eigenvalue weighted by atomic mass is 16.7. The molecule has 6 N–H and O–H groups in total. The number of carbonyl (C=O) groups is 2. The van der Waals surface area contributed by atoms with Crippen LogP contribution in [0.5, 0.6) is 0 Å². The van der Waals surface area contributed by atoms with Crippen molar-refractivity contribution in [3.63, 3.8) is 0 Å². The fraction of sp³-hybridized carbons (Fsp3) is 0.692. The van der Waals surface area contributed by atoms with Crippen LogP contribution in [0.2, 0.25) is 0 Å². The number of nitrogens with one attached hydrogen (secondary N) is 1. The van der Waals surface area contributed by atoms with Gasteiger partial charge >= 0.3 is 5.97 Å². The van der Waals surface area contributed by atoms with E-state index in [2.05, 4.69) is 123 Å². The molecule has 1 fully saturated rings. The lowest BCUT2D eigenvalue weighted by atomic mass is 9.99. The van der Waals surface area contributed by atoms with Crippen molar-refractivity contribution >= 4 is 11.9 Å². The summed E-state index contributed by atoms with van der Waals surface area (Å²) in [6.45, 7) is 5.51. The number of amides is 1. The van der Waals surface area contributed by atoms with E-state index in [1.807, 2.05) is 6.08 Å². The predicted molar refractivity (Wildman–Crippen MR) is 315 cm³/mol. The van der Waals surface area contributed by atoms with Crippen LogP contribution in [0, 0.1) is 0 Å². The third-order valence-electron chi connectivity index (χ3n) is 13.4. The van der Waals surface area contributed by atoms with Gasteiger partial charge in [-0.15, -0.1) is 0 Å². The number of aliphatic hydroxyl groups is 5. The van der Waals surface area contributed by atoms with Gasteiger partial charge in [0.05, 0.1) is 25.4 Å². The molecular weight excluding hydrogens is 955 g/mol. The third kappa shape index (κ3) is 39.6. The van der Waals surface area contributed by atoms with Crippen molar-refractivity contribution in [3.8, 4) is 0 Å². The quantitative estimate of drug-likeness (QED) is 0.0195. The number of hydrogen-bond donors (Lipinski definition) is 6. The average Bonchev–Trinajstić information content (AvgIpc) is 3.42. The van der Waals surface area contributed by atoms with Gasteiger partial charge in [-0.3, -0.25) is 9.59 Å². The van der Waals surface area contributed by atoms with Gasteiger partial charge in [0.15, 0.2) is 12.4 Å². The molecule has 8 unspecified atom stereocenters. The Morgan fingerprint density at radius 3 is 1.42 bits per heavy atom. The number of aliphatic hydroxyl groups excluding tert-OH is 5. The van der Waals surface area contributed by atoms with Crippen LogP contribution in [-0.4, -0.2) is 99.6 Å². The lowest BCUT2D eigenvalue weighted by Gasteiger charge is -2.41. The number of carbonyl (C=O) groups excluding carboxylic acids is 2. The number of esters is 1. The zero-order valence-electron chi connectivity index (χ0n) is 47.8. The summed E-state index contributed by atoms with van der Waals surface area (Å²) < 4.78 is 17.5. The van der Waals surface area contributed by atoms with E-state index in [1.54, 1.807) is 6.08 Å². The molecular formula is C65H109NO10. The summed E-state index contributed by atoms with van der Waals surface area (Å²) in [5.74, 6) is -1.24. The molecule has 0 radical (unpaired) electrons. The smallest absolute Gasteiger partial charge is 0.306 e. The minimum absolute atomic E-state index is 0.0907. The maximum atomic E-state index is 13.4. The Hall–Kier alpha value is -3.68. The Labute approximate surface area is 462 Å². The summed E-state index contributed by atoms with van der Waals surface area (Å²) in [5.41, 5.74) is 0. The molecule has 0 aromatic rings. The largest absolute Gasteiger partial charge is 0.454 e. The molecule has 76 heavy (non-hydrogen) atoms. The second-order valence-corrected chi connectivity index (χ2v) is 20.3. The van der Waals surface area contributed by atoms with Crippen molar-refractivity contribution in [3.05, 3.63) is 109 Å². The molecule has 1 aliphatic heterocycles. The molecule has 11 nitrogen and oxygen atoms in total. The molecule has 1 rings (SSSR count). The number of allylic oxidation sites excluding steroid dienone is 17. The Bertz CT molecular complexity index is 1650. The van der Waals surface area contributed by atoms with Crippen LogP contribution < -0.4 is 5.32 Å². The zero-order valence-corrected chi connectivity index (χ0v) is 47.8. The molecule has 0 saturated carbocycles. The molecule has 1 saturated heterocycles. The van der Waals surface area contributed by atoms with Gasteiger partial charge in [0.1, 0.15) is 24.4 Å². The van der Waals surface area contributed by atoms with Gasteiger partial charge in [0, 0.05) is 6.42 Å². The summed E-state index contributed by atoms with van der Waals surface area (Å²) in [6.07, 6.45) is 59.9. The maximum absolute atomic E-state index is 13.4. The van der Waals surface area contributed by atoms with Gasteiger partial charge in [0.25, 0.3) is 0 Å². The Balaban J connectivity index is 2.69. The highest BCUT2D eigenvalue weighted by molar-refractivity contribution is 5.80. The van der Waals surface area contributed by atoms with Crippen LogP contribution in [0.3, 0.4) is 0 Å². The van der Waals surface area contributed by atoms with Gasteiger partial charge in [-0.05, 0) is 103 Å². The van der Waals surface area contributed by atoms with Crippen molar-refractivity contribution in [1.29, 1.82) is 0 Å². The molecule has 11 heteroatoms. The van der Waals surface area contributed by atoms with Gasteiger partial charge in [-0.25, -0.2) is 0 Å². The van der Waals surface area contributed by atoms with Crippen LogP contribution in [0.15, 0.2) is 109 Å². The summed E-state index contributed by atoms with van der Waals surface area (Å²) >= 11 is 0. The normalized spacial score (nSPS) is 19.9. The van der Waals surface area contributed by atoms with E-state index in [1.165, 1.54) is 38.5 Å². The zero-order chi connectivity index (χ0) is 55.4. The first-order valence-electron chi connectivity index (χ1n) is 30.2. The minimum Gasteiger partial charge on any atom is -0.454 e. The Morgan fingerprint density at radius 1 is 0.526 bits per heavy atom. The van der Waals surface area contributed by atoms with Crippen molar-refractivity contribution in [2.24, 2.45) is 0 Å². The van der Waals surface area contributed by atoms with E-state index in [0.717, 1.165) is 141 Å². The van der Waals surface area contributed by atoms with Crippen molar-refractivity contribution < 1.29 is 49.3 Å². The van der Waals surface area contributed by atoms with Gasteiger partial charge in [-0.2, -0.15) is 0 Å². The predicted octanol–water partition coefficient (Wildman–Crippen LogP) is 14.1. The lowest BCUT2D eigenvalue weighted by Crippen LogP contribution is -2.61. The lowest BCUT2D eigenvalue weighted by molar-refractivity contribution is -0.305. The third-order valence-corrected chi connectivity index (χ3v) is 13.4. The number of ether oxygens (including phenoxy) is 3. The molecule has 0 bridgehead atoms. The molecule has 1 amide bonds.